The monoisotopic (exact) mass is 251 g/mol. The molecule has 18 heavy (non-hydrogen) atoms. The van der Waals surface area contributed by atoms with Gasteiger partial charge in [-0.15, -0.1) is 0 Å². The molecular weight excluding hydrogens is 230 g/mol. The summed E-state index contributed by atoms with van der Waals surface area (Å²) in [6.45, 7) is 4.81. The van der Waals surface area contributed by atoms with E-state index in [1.807, 2.05) is 0 Å². The molecule has 1 saturated carbocycles. The molecular formula is C13H21N3O2. The Balaban J connectivity index is 1.36. The van der Waals surface area contributed by atoms with E-state index in [0.29, 0.717) is 18.7 Å². The third-order valence-electron chi connectivity index (χ3n) is 3.51. The first kappa shape index (κ1) is 12.0. The van der Waals surface area contributed by atoms with E-state index in [9.17, 15) is 0 Å². The standard InChI is InChI=1S/C13H21N3O2/c1-2-6-16(5-1)7-8-17-13-15-12(10-18-13)9-14-11-3-4-11/h10-11,14H,1-9H2. The van der Waals surface area contributed by atoms with Gasteiger partial charge < -0.3 is 14.5 Å². The summed E-state index contributed by atoms with van der Waals surface area (Å²) in [7, 11) is 0. The number of nitrogens with zero attached hydrogens (tertiary/aromatic N) is 2. The number of aromatic nitrogens is 1. The molecule has 1 saturated heterocycles. The van der Waals surface area contributed by atoms with E-state index >= 15 is 0 Å². The fourth-order valence-corrected chi connectivity index (χ4v) is 2.24. The molecule has 2 heterocycles. The van der Waals surface area contributed by atoms with Crippen molar-refractivity contribution in [2.75, 3.05) is 26.2 Å². The topological polar surface area (TPSA) is 50.5 Å². The van der Waals surface area contributed by atoms with Gasteiger partial charge in [0.25, 0.3) is 0 Å². The number of likely N-dealkylation sites (tertiary alicyclic amines) is 1. The fourth-order valence-electron chi connectivity index (χ4n) is 2.24. The summed E-state index contributed by atoms with van der Waals surface area (Å²) < 4.78 is 10.8. The second kappa shape index (κ2) is 5.71. The van der Waals surface area contributed by atoms with Gasteiger partial charge in [-0.2, -0.15) is 4.98 Å². The van der Waals surface area contributed by atoms with Gasteiger partial charge in [-0.25, -0.2) is 0 Å². The Bertz CT molecular complexity index is 370. The number of oxazole rings is 1. The van der Waals surface area contributed by atoms with E-state index in [1.54, 1.807) is 6.26 Å². The summed E-state index contributed by atoms with van der Waals surface area (Å²) in [6.07, 6.45) is 7.29. The number of hydrogen-bond donors (Lipinski definition) is 1. The Morgan fingerprint density at radius 1 is 1.39 bits per heavy atom. The summed E-state index contributed by atoms with van der Waals surface area (Å²) in [5.41, 5.74) is 0.929. The highest BCUT2D eigenvalue weighted by molar-refractivity contribution is 5.00. The molecule has 0 unspecified atom stereocenters. The van der Waals surface area contributed by atoms with E-state index in [2.05, 4.69) is 15.2 Å². The number of rotatable bonds is 7. The first-order valence-corrected chi connectivity index (χ1v) is 6.93. The lowest BCUT2D eigenvalue weighted by Gasteiger charge is -2.13. The lowest BCUT2D eigenvalue weighted by Crippen LogP contribution is -2.25. The van der Waals surface area contributed by atoms with Crippen LogP contribution in [0.1, 0.15) is 31.4 Å². The summed E-state index contributed by atoms with van der Waals surface area (Å²) in [5.74, 6) is 0. The van der Waals surface area contributed by atoms with Gasteiger partial charge in [0.2, 0.25) is 0 Å². The average Bonchev–Trinajstić information content (AvgIpc) is 2.89. The molecule has 0 aromatic carbocycles. The molecule has 0 atom stereocenters. The van der Waals surface area contributed by atoms with E-state index in [1.165, 1.54) is 38.8 Å². The zero-order chi connectivity index (χ0) is 12.2. The zero-order valence-electron chi connectivity index (χ0n) is 10.7. The maximum absolute atomic E-state index is 5.52. The Labute approximate surface area is 108 Å². The van der Waals surface area contributed by atoms with Crippen LogP contribution in [0.3, 0.4) is 0 Å². The Kier molecular flexibility index (Phi) is 3.81. The van der Waals surface area contributed by atoms with Crippen molar-refractivity contribution in [2.45, 2.75) is 38.3 Å². The minimum atomic E-state index is 0.404. The van der Waals surface area contributed by atoms with Gasteiger partial charge in [0, 0.05) is 19.1 Å². The van der Waals surface area contributed by atoms with Crippen LogP contribution < -0.4 is 10.1 Å². The molecule has 0 bridgehead atoms. The van der Waals surface area contributed by atoms with Crippen molar-refractivity contribution in [3.63, 3.8) is 0 Å². The number of nitrogens with one attached hydrogen (secondary N) is 1. The quantitative estimate of drug-likeness (QED) is 0.794. The molecule has 1 aliphatic heterocycles. The minimum Gasteiger partial charge on any atom is -0.449 e. The Morgan fingerprint density at radius 3 is 3.00 bits per heavy atom. The maximum Gasteiger partial charge on any atom is 0.393 e. The largest absolute Gasteiger partial charge is 0.449 e. The normalized spacial score (nSPS) is 20.4. The van der Waals surface area contributed by atoms with Gasteiger partial charge in [-0.3, -0.25) is 4.90 Å². The second-order valence-corrected chi connectivity index (χ2v) is 5.16. The van der Waals surface area contributed by atoms with Crippen LogP contribution in [0, 0.1) is 0 Å². The number of hydrogen-bond acceptors (Lipinski definition) is 5. The zero-order valence-corrected chi connectivity index (χ0v) is 10.7. The summed E-state index contributed by atoms with van der Waals surface area (Å²) in [5, 5.41) is 3.40. The van der Waals surface area contributed by atoms with Gasteiger partial charge in [0.15, 0.2) is 0 Å². The molecule has 0 radical (unpaired) electrons. The second-order valence-electron chi connectivity index (χ2n) is 5.16. The molecule has 1 aromatic rings. The van der Waals surface area contributed by atoms with E-state index in [0.717, 1.165) is 18.8 Å². The predicted molar refractivity (Wildman–Crippen MR) is 67.5 cm³/mol. The SMILES string of the molecule is c1oc(OCCN2CCCC2)nc1CNC1CC1. The molecule has 1 N–H and O–H groups in total. The van der Waals surface area contributed by atoms with Gasteiger partial charge in [0.05, 0.1) is 5.69 Å². The van der Waals surface area contributed by atoms with Crippen LogP contribution >= 0.6 is 0 Å². The molecule has 2 fully saturated rings. The van der Waals surface area contributed by atoms with Crippen molar-refractivity contribution in [3.8, 4) is 6.08 Å². The molecule has 5 heteroatoms. The Morgan fingerprint density at radius 2 is 2.22 bits per heavy atom. The maximum atomic E-state index is 5.52. The lowest BCUT2D eigenvalue weighted by molar-refractivity contribution is 0.191. The third kappa shape index (κ3) is 3.46. The van der Waals surface area contributed by atoms with Crippen molar-refractivity contribution in [3.05, 3.63) is 12.0 Å². The highest BCUT2D eigenvalue weighted by Gasteiger charge is 2.20. The highest BCUT2D eigenvalue weighted by atomic mass is 16.6. The van der Waals surface area contributed by atoms with Crippen LogP contribution in [0.25, 0.3) is 0 Å². The molecule has 2 aliphatic rings. The smallest absolute Gasteiger partial charge is 0.393 e. The molecule has 0 amide bonds. The van der Waals surface area contributed by atoms with Crippen LogP contribution in [0.5, 0.6) is 6.08 Å². The van der Waals surface area contributed by atoms with E-state index < -0.39 is 0 Å². The Hall–Kier alpha value is -1.07. The summed E-state index contributed by atoms with van der Waals surface area (Å²) >= 11 is 0. The van der Waals surface area contributed by atoms with Crippen LogP contribution in [0.4, 0.5) is 0 Å². The first-order valence-electron chi connectivity index (χ1n) is 6.93. The average molecular weight is 251 g/mol. The molecule has 3 rings (SSSR count). The summed E-state index contributed by atoms with van der Waals surface area (Å²) in [4.78, 5) is 6.72. The van der Waals surface area contributed by atoms with Gasteiger partial charge >= 0.3 is 6.08 Å². The van der Waals surface area contributed by atoms with Gasteiger partial charge in [-0.1, -0.05) is 0 Å². The first-order chi connectivity index (χ1) is 8.90. The van der Waals surface area contributed by atoms with Crippen molar-refractivity contribution in [1.82, 2.24) is 15.2 Å². The van der Waals surface area contributed by atoms with Crippen LogP contribution in [-0.2, 0) is 6.54 Å². The van der Waals surface area contributed by atoms with Crippen molar-refractivity contribution >= 4 is 0 Å². The predicted octanol–water partition coefficient (Wildman–Crippen LogP) is 1.40. The lowest BCUT2D eigenvalue weighted by atomic mass is 10.4. The van der Waals surface area contributed by atoms with E-state index in [-0.39, 0.29) is 0 Å². The molecule has 1 aromatic heterocycles. The molecule has 5 nitrogen and oxygen atoms in total. The molecule has 1 aliphatic carbocycles. The van der Waals surface area contributed by atoms with Crippen molar-refractivity contribution < 1.29 is 9.15 Å². The third-order valence-corrected chi connectivity index (χ3v) is 3.51. The minimum absolute atomic E-state index is 0.404. The van der Waals surface area contributed by atoms with E-state index in [4.69, 9.17) is 9.15 Å². The van der Waals surface area contributed by atoms with Crippen LogP contribution in [0.2, 0.25) is 0 Å². The van der Waals surface area contributed by atoms with Crippen LogP contribution in [0.15, 0.2) is 10.7 Å². The molecule has 100 valence electrons. The van der Waals surface area contributed by atoms with Crippen molar-refractivity contribution in [2.24, 2.45) is 0 Å². The highest BCUT2D eigenvalue weighted by Crippen LogP contribution is 2.19. The van der Waals surface area contributed by atoms with Gasteiger partial charge in [-0.05, 0) is 38.8 Å². The van der Waals surface area contributed by atoms with Crippen molar-refractivity contribution in [1.29, 1.82) is 0 Å². The van der Waals surface area contributed by atoms with Crippen LogP contribution in [-0.4, -0.2) is 42.2 Å². The van der Waals surface area contributed by atoms with Gasteiger partial charge in [0.1, 0.15) is 12.9 Å². The summed E-state index contributed by atoms with van der Waals surface area (Å²) in [6, 6.07) is 0.696. The number of ether oxygens (including phenoxy) is 1. The molecule has 0 spiro atoms. The fraction of sp³-hybridized carbons (Fsp3) is 0.769.